The summed E-state index contributed by atoms with van der Waals surface area (Å²) in [4.78, 5) is 5.25. The highest BCUT2D eigenvalue weighted by Gasteiger charge is 2.28. The topological polar surface area (TPSA) is 3.24 Å². The van der Waals surface area contributed by atoms with Crippen LogP contribution in [0.1, 0.15) is 51.0 Å². The van der Waals surface area contributed by atoms with Crippen LogP contribution in [0.4, 0.5) is 5.69 Å². The molecule has 0 atom stereocenters. The van der Waals surface area contributed by atoms with Crippen LogP contribution in [-0.2, 0) is 6.42 Å². The molecular weight excluding hydrogens is 426 g/mol. The number of benzene rings is 2. The van der Waals surface area contributed by atoms with Crippen LogP contribution in [0.25, 0.3) is 16.2 Å². The van der Waals surface area contributed by atoms with Gasteiger partial charge in [0.25, 0.3) is 0 Å². The highest BCUT2D eigenvalue weighted by Crippen LogP contribution is 2.48. The third kappa shape index (κ3) is 4.09. The van der Waals surface area contributed by atoms with Gasteiger partial charge in [0.2, 0.25) is 0 Å². The normalized spacial score (nSPS) is 20.2. The second kappa shape index (κ2) is 8.61. The van der Waals surface area contributed by atoms with Gasteiger partial charge in [0.1, 0.15) is 0 Å². The van der Waals surface area contributed by atoms with Gasteiger partial charge >= 0.3 is 0 Å². The van der Waals surface area contributed by atoms with Crippen LogP contribution in [0.5, 0.6) is 0 Å². The number of anilines is 1. The van der Waals surface area contributed by atoms with Gasteiger partial charge in [-0.1, -0.05) is 68.9 Å². The number of nitrogens with zero attached hydrogens (tertiary/aromatic N) is 1. The molecule has 0 radical (unpaired) electrons. The Balaban J connectivity index is 1.54. The fourth-order valence-corrected chi connectivity index (χ4v) is 7.58. The number of fused-ring (bicyclic) bond motifs is 2. The molecule has 0 spiro atoms. The summed E-state index contributed by atoms with van der Waals surface area (Å²) in [6, 6.07) is 17.6. The van der Waals surface area contributed by atoms with Crippen LogP contribution >= 0.6 is 23.1 Å². The largest absolute Gasteiger partial charge is 0.335 e. The minimum absolute atomic E-state index is 0.267. The number of thiophene rings is 1. The molecule has 1 aromatic heterocycles. The van der Waals surface area contributed by atoms with Crippen molar-refractivity contribution in [3.63, 3.8) is 0 Å². The highest BCUT2D eigenvalue weighted by atomic mass is 32.2. The van der Waals surface area contributed by atoms with E-state index in [1.54, 1.807) is 0 Å². The highest BCUT2D eigenvalue weighted by molar-refractivity contribution is 8.03. The number of hydrogen-bond donors (Lipinski definition) is 0. The van der Waals surface area contributed by atoms with E-state index in [4.69, 9.17) is 0 Å². The molecule has 164 valence electrons. The molecule has 0 fully saturated rings. The monoisotopic (exact) mass is 457 g/mol. The average Bonchev–Trinajstić information content (AvgIpc) is 3.28. The molecule has 5 rings (SSSR count). The van der Waals surface area contributed by atoms with Crippen molar-refractivity contribution in [3.05, 3.63) is 87.3 Å². The van der Waals surface area contributed by atoms with E-state index in [1.807, 2.05) is 23.1 Å². The zero-order chi connectivity index (χ0) is 22.3. The van der Waals surface area contributed by atoms with Gasteiger partial charge in [-0.25, -0.2) is 0 Å². The maximum Gasteiger partial charge on any atom is 0.0804 e. The molecule has 2 heterocycles. The molecule has 0 unspecified atom stereocenters. The Morgan fingerprint density at radius 2 is 1.75 bits per heavy atom. The first kappa shape index (κ1) is 21.6. The van der Waals surface area contributed by atoms with Gasteiger partial charge in [-0.2, -0.15) is 0 Å². The lowest BCUT2D eigenvalue weighted by molar-refractivity contribution is 0.356. The third-order valence-corrected chi connectivity index (χ3v) is 8.67. The number of rotatable bonds is 4. The van der Waals surface area contributed by atoms with E-state index < -0.39 is 0 Å². The van der Waals surface area contributed by atoms with Crippen LogP contribution in [0.2, 0.25) is 0 Å². The Labute approximate surface area is 200 Å². The van der Waals surface area contributed by atoms with Gasteiger partial charge in [0.15, 0.2) is 0 Å². The van der Waals surface area contributed by atoms with E-state index in [9.17, 15) is 0 Å². The quantitative estimate of drug-likeness (QED) is 0.384. The molecule has 0 N–H and O–H groups in total. The summed E-state index contributed by atoms with van der Waals surface area (Å²) in [6.45, 7) is 10.3. The fraction of sp³-hybridized carbons (Fsp3) is 0.310. The second-order valence-electron chi connectivity index (χ2n) is 9.55. The molecule has 0 saturated carbocycles. The molecule has 32 heavy (non-hydrogen) atoms. The van der Waals surface area contributed by atoms with E-state index in [0.717, 1.165) is 25.8 Å². The van der Waals surface area contributed by atoms with Crippen molar-refractivity contribution in [2.24, 2.45) is 5.41 Å². The number of allylic oxidation sites excluding steroid dienone is 4. The number of para-hydroxylation sites is 1. The average molecular weight is 458 g/mol. The van der Waals surface area contributed by atoms with Crippen molar-refractivity contribution in [2.45, 2.75) is 51.9 Å². The van der Waals surface area contributed by atoms with Crippen LogP contribution in [-0.4, -0.2) is 6.54 Å². The smallest absolute Gasteiger partial charge is 0.0804 e. The van der Waals surface area contributed by atoms with Crippen molar-refractivity contribution in [1.29, 1.82) is 0 Å². The molecule has 1 aliphatic heterocycles. The van der Waals surface area contributed by atoms with E-state index in [2.05, 4.69) is 99.4 Å². The Hall–Kier alpha value is -2.23. The maximum atomic E-state index is 2.47. The zero-order valence-corrected chi connectivity index (χ0v) is 21.1. The van der Waals surface area contributed by atoms with Crippen LogP contribution in [0.15, 0.2) is 81.8 Å². The van der Waals surface area contributed by atoms with Crippen molar-refractivity contribution in [3.8, 4) is 0 Å². The molecule has 0 saturated heterocycles. The minimum Gasteiger partial charge on any atom is -0.335 e. The van der Waals surface area contributed by atoms with Crippen molar-refractivity contribution in [2.75, 3.05) is 11.4 Å². The minimum atomic E-state index is 0.267. The Morgan fingerprint density at radius 3 is 2.56 bits per heavy atom. The Bertz CT molecular complexity index is 1260. The molecule has 1 nitrogen and oxygen atoms in total. The molecule has 0 bridgehead atoms. The summed E-state index contributed by atoms with van der Waals surface area (Å²) in [5.41, 5.74) is 6.01. The van der Waals surface area contributed by atoms with Gasteiger partial charge in [0.05, 0.1) is 10.7 Å². The first-order valence-electron chi connectivity index (χ1n) is 11.6. The summed E-state index contributed by atoms with van der Waals surface area (Å²) in [7, 11) is 0. The number of aryl methyl sites for hydroxylation is 1. The summed E-state index contributed by atoms with van der Waals surface area (Å²) in [5, 5.41) is 2.78. The fourth-order valence-electron chi connectivity index (χ4n) is 5.11. The lowest BCUT2D eigenvalue weighted by Gasteiger charge is -2.31. The van der Waals surface area contributed by atoms with Crippen molar-refractivity contribution < 1.29 is 0 Å². The van der Waals surface area contributed by atoms with Gasteiger partial charge in [-0.05, 0) is 84.0 Å². The third-order valence-electron chi connectivity index (χ3n) is 6.40. The van der Waals surface area contributed by atoms with Gasteiger partial charge in [-0.15, -0.1) is 11.3 Å². The molecule has 3 heteroatoms. The molecule has 3 aromatic rings. The van der Waals surface area contributed by atoms with Gasteiger partial charge in [-0.3, -0.25) is 0 Å². The van der Waals surface area contributed by atoms with Crippen LogP contribution in [0.3, 0.4) is 0 Å². The van der Waals surface area contributed by atoms with Gasteiger partial charge < -0.3 is 4.90 Å². The predicted octanol–water partition coefficient (Wildman–Crippen LogP) is 9.07. The first-order valence-corrected chi connectivity index (χ1v) is 13.3. The van der Waals surface area contributed by atoms with E-state index >= 15 is 0 Å². The molecule has 2 aliphatic rings. The van der Waals surface area contributed by atoms with E-state index in [-0.39, 0.29) is 5.41 Å². The molecule has 2 aromatic carbocycles. The Kier molecular flexibility index (Phi) is 5.81. The summed E-state index contributed by atoms with van der Waals surface area (Å²) in [6.07, 6.45) is 10.7. The van der Waals surface area contributed by atoms with E-state index in [1.165, 1.54) is 47.3 Å². The predicted molar refractivity (Wildman–Crippen MR) is 144 cm³/mol. The lowest BCUT2D eigenvalue weighted by Crippen LogP contribution is -2.19. The standard InChI is InChI=1S/C29H31NS2/c1-5-22-23-11-7-9-13-25(23)31-27(22)16-20-15-21(19-29(3,4)18-20)17-28-30(6-2)24-12-8-10-14-26(24)32-28/h7-17H,5-6,18-19H2,1-4H3/b20-16-,28-17-. The molecular formula is C29H31NS2. The summed E-state index contributed by atoms with van der Waals surface area (Å²) < 4.78 is 1.40. The van der Waals surface area contributed by atoms with Gasteiger partial charge in [0, 0.05) is 21.0 Å². The maximum absolute atomic E-state index is 2.47. The van der Waals surface area contributed by atoms with E-state index in [0.29, 0.717) is 0 Å². The van der Waals surface area contributed by atoms with Crippen molar-refractivity contribution in [1.82, 2.24) is 0 Å². The molecule has 0 amide bonds. The summed E-state index contributed by atoms with van der Waals surface area (Å²) >= 11 is 3.84. The lowest BCUT2D eigenvalue weighted by atomic mass is 9.75. The summed E-state index contributed by atoms with van der Waals surface area (Å²) in [5.74, 6) is 0. The van der Waals surface area contributed by atoms with Crippen LogP contribution in [0, 0.1) is 5.41 Å². The number of thioether (sulfide) groups is 1. The van der Waals surface area contributed by atoms with Crippen LogP contribution < -0.4 is 4.90 Å². The molecule has 1 aliphatic carbocycles. The SMILES string of the molecule is CCc1c(/C=C2C=C(/C=C3\Sc4ccccc4N3CC)CC(C)(C)C/2)sc2ccccc12. The van der Waals surface area contributed by atoms with Crippen molar-refractivity contribution >= 4 is 44.9 Å². The zero-order valence-electron chi connectivity index (χ0n) is 19.4. The Morgan fingerprint density at radius 1 is 0.969 bits per heavy atom. The number of hydrogen-bond acceptors (Lipinski definition) is 3. The first-order chi connectivity index (χ1) is 15.5. The second-order valence-corrected chi connectivity index (χ2v) is 11.7.